The average molecular weight is 298 g/mol. The van der Waals surface area contributed by atoms with Gasteiger partial charge in [-0.3, -0.25) is 10.1 Å². The Bertz CT molecular complexity index is 625. The van der Waals surface area contributed by atoms with Crippen molar-refractivity contribution in [2.24, 2.45) is 5.73 Å². The third kappa shape index (κ3) is 3.86. The lowest BCUT2D eigenvalue weighted by Crippen LogP contribution is -2.55. The molecule has 2 atom stereocenters. The Morgan fingerprint density at radius 1 is 1.18 bits per heavy atom. The van der Waals surface area contributed by atoms with E-state index in [0.717, 1.165) is 11.1 Å². The molecule has 4 N–H and O–H groups in total. The van der Waals surface area contributed by atoms with E-state index in [9.17, 15) is 9.90 Å². The van der Waals surface area contributed by atoms with Crippen molar-refractivity contribution in [1.82, 2.24) is 5.32 Å². The monoisotopic (exact) mass is 298 g/mol. The van der Waals surface area contributed by atoms with Crippen LogP contribution in [0.4, 0.5) is 0 Å². The number of amides is 1. The minimum absolute atomic E-state index is 0.00387. The van der Waals surface area contributed by atoms with Crippen LogP contribution in [0, 0.1) is 0 Å². The Balaban J connectivity index is 2.17. The zero-order valence-electron chi connectivity index (χ0n) is 12.9. The molecule has 0 spiro atoms. The van der Waals surface area contributed by atoms with Crippen LogP contribution >= 0.6 is 0 Å². The predicted octanol–water partition coefficient (Wildman–Crippen LogP) is 2.53. The Labute approximate surface area is 131 Å². The van der Waals surface area contributed by atoms with Gasteiger partial charge in [-0.1, -0.05) is 42.5 Å². The maximum atomic E-state index is 12.0. The van der Waals surface area contributed by atoms with Gasteiger partial charge in [0.15, 0.2) is 0 Å². The molecule has 0 aliphatic carbocycles. The summed E-state index contributed by atoms with van der Waals surface area (Å²) in [6.07, 6.45) is 0.458. The number of rotatable bonds is 6. The minimum Gasteiger partial charge on any atom is -0.508 e. The maximum absolute atomic E-state index is 12.0. The number of hydrogen-bond acceptors (Lipinski definition) is 3. The third-order valence-electron chi connectivity index (χ3n) is 3.87. The molecule has 0 aliphatic rings. The lowest BCUT2D eigenvalue weighted by atomic mass is 9.90. The van der Waals surface area contributed by atoms with Crippen molar-refractivity contribution in [2.45, 2.75) is 31.8 Å². The number of phenolic OH excluding ortho intramolecular Hbond substituents is 1. The van der Waals surface area contributed by atoms with Crippen LogP contribution in [0.15, 0.2) is 54.6 Å². The summed E-state index contributed by atoms with van der Waals surface area (Å²) in [5, 5.41) is 12.7. The van der Waals surface area contributed by atoms with Gasteiger partial charge in [-0.05, 0) is 43.5 Å². The molecule has 1 amide bonds. The quantitative estimate of drug-likeness (QED) is 0.767. The van der Waals surface area contributed by atoms with E-state index in [1.165, 1.54) is 0 Å². The Kier molecular flexibility index (Phi) is 4.83. The summed E-state index contributed by atoms with van der Waals surface area (Å²) in [6.45, 7) is 3.81. The molecule has 4 nitrogen and oxygen atoms in total. The number of primary amides is 1. The lowest BCUT2D eigenvalue weighted by Gasteiger charge is -2.31. The van der Waals surface area contributed by atoms with E-state index in [-0.39, 0.29) is 11.8 Å². The molecule has 0 fully saturated rings. The second-order valence-corrected chi connectivity index (χ2v) is 5.82. The first kappa shape index (κ1) is 16.0. The number of aromatic hydroxyl groups is 1. The predicted molar refractivity (Wildman–Crippen MR) is 87.4 cm³/mol. The van der Waals surface area contributed by atoms with E-state index >= 15 is 0 Å². The molecule has 0 aliphatic heterocycles. The van der Waals surface area contributed by atoms with Crippen LogP contribution in [0.1, 0.15) is 31.0 Å². The van der Waals surface area contributed by atoms with Crippen LogP contribution in [0.25, 0.3) is 0 Å². The molecule has 22 heavy (non-hydrogen) atoms. The summed E-state index contributed by atoms with van der Waals surface area (Å²) in [5.41, 5.74) is 6.79. The van der Waals surface area contributed by atoms with Gasteiger partial charge >= 0.3 is 0 Å². The SMILES string of the molecule is C[C@H](N[C@@](C)(Cc1ccc(O)cc1)C(N)=O)c1ccccc1. The first-order chi connectivity index (χ1) is 10.4. The molecule has 116 valence electrons. The van der Waals surface area contributed by atoms with Crippen LogP contribution in [0.3, 0.4) is 0 Å². The molecule has 4 heteroatoms. The Hall–Kier alpha value is -2.33. The second-order valence-electron chi connectivity index (χ2n) is 5.82. The number of hydrogen-bond donors (Lipinski definition) is 3. The molecule has 0 bridgehead atoms. The molecule has 2 rings (SSSR count). The van der Waals surface area contributed by atoms with Crippen LogP contribution in [0.2, 0.25) is 0 Å². The smallest absolute Gasteiger partial charge is 0.237 e. The van der Waals surface area contributed by atoms with Crippen molar-refractivity contribution in [2.75, 3.05) is 0 Å². The fraction of sp³-hybridized carbons (Fsp3) is 0.278. The standard InChI is InChI=1S/C18H22N2O2/c1-13(15-6-4-3-5-7-15)20-18(2,17(19)22)12-14-8-10-16(21)11-9-14/h3-11,13,20-21H,12H2,1-2H3,(H2,19,22)/t13-,18-/m0/s1. The van der Waals surface area contributed by atoms with Gasteiger partial charge < -0.3 is 10.8 Å². The molecular weight excluding hydrogens is 276 g/mol. The number of benzene rings is 2. The molecule has 0 heterocycles. The van der Waals surface area contributed by atoms with E-state index in [1.54, 1.807) is 24.3 Å². The fourth-order valence-electron chi connectivity index (χ4n) is 2.53. The van der Waals surface area contributed by atoms with Gasteiger partial charge in [0.2, 0.25) is 5.91 Å². The highest BCUT2D eigenvalue weighted by Gasteiger charge is 2.32. The molecule has 2 aromatic rings. The van der Waals surface area contributed by atoms with E-state index in [0.29, 0.717) is 6.42 Å². The maximum Gasteiger partial charge on any atom is 0.237 e. The van der Waals surface area contributed by atoms with Crippen molar-refractivity contribution in [3.63, 3.8) is 0 Å². The summed E-state index contributed by atoms with van der Waals surface area (Å²) >= 11 is 0. The van der Waals surface area contributed by atoms with Gasteiger partial charge in [0.05, 0.1) is 5.54 Å². The highest BCUT2D eigenvalue weighted by Crippen LogP contribution is 2.21. The van der Waals surface area contributed by atoms with Gasteiger partial charge in [-0.2, -0.15) is 0 Å². The summed E-state index contributed by atoms with van der Waals surface area (Å²) in [5.74, 6) is -0.196. The summed E-state index contributed by atoms with van der Waals surface area (Å²) < 4.78 is 0. The van der Waals surface area contributed by atoms with Crippen LogP contribution in [0.5, 0.6) is 5.75 Å². The first-order valence-corrected chi connectivity index (χ1v) is 7.31. The molecule has 0 radical (unpaired) electrons. The van der Waals surface area contributed by atoms with E-state index < -0.39 is 11.4 Å². The van der Waals surface area contributed by atoms with Crippen molar-refractivity contribution in [3.05, 3.63) is 65.7 Å². The van der Waals surface area contributed by atoms with Crippen LogP contribution < -0.4 is 11.1 Å². The summed E-state index contributed by atoms with van der Waals surface area (Å²) in [4.78, 5) is 12.0. The van der Waals surface area contributed by atoms with Gasteiger partial charge in [0, 0.05) is 6.04 Å². The van der Waals surface area contributed by atoms with Crippen molar-refractivity contribution in [3.8, 4) is 5.75 Å². The van der Waals surface area contributed by atoms with Gasteiger partial charge in [-0.25, -0.2) is 0 Å². The van der Waals surface area contributed by atoms with E-state index in [1.807, 2.05) is 44.2 Å². The van der Waals surface area contributed by atoms with Crippen LogP contribution in [-0.2, 0) is 11.2 Å². The number of nitrogens with one attached hydrogen (secondary N) is 1. The average Bonchev–Trinajstić information content (AvgIpc) is 2.50. The number of nitrogens with two attached hydrogens (primary N) is 1. The van der Waals surface area contributed by atoms with E-state index in [4.69, 9.17) is 5.73 Å². The van der Waals surface area contributed by atoms with Crippen molar-refractivity contribution < 1.29 is 9.90 Å². The second kappa shape index (κ2) is 6.62. The molecule has 0 saturated carbocycles. The van der Waals surface area contributed by atoms with Gasteiger partial charge in [-0.15, -0.1) is 0 Å². The zero-order chi connectivity index (χ0) is 16.2. The molecule has 0 saturated heterocycles. The van der Waals surface area contributed by atoms with Gasteiger partial charge in [0.25, 0.3) is 0 Å². The zero-order valence-corrected chi connectivity index (χ0v) is 12.9. The number of carbonyl (C=O) groups excluding carboxylic acids is 1. The highest BCUT2D eigenvalue weighted by molar-refractivity contribution is 5.84. The molecular formula is C18H22N2O2. The van der Waals surface area contributed by atoms with Crippen LogP contribution in [-0.4, -0.2) is 16.6 Å². The largest absolute Gasteiger partial charge is 0.508 e. The number of phenols is 1. The minimum atomic E-state index is -0.869. The Morgan fingerprint density at radius 2 is 1.77 bits per heavy atom. The fourth-order valence-corrected chi connectivity index (χ4v) is 2.53. The molecule has 0 unspecified atom stereocenters. The third-order valence-corrected chi connectivity index (χ3v) is 3.87. The topological polar surface area (TPSA) is 75.3 Å². The lowest BCUT2D eigenvalue weighted by molar-refractivity contribution is -0.124. The molecule has 2 aromatic carbocycles. The van der Waals surface area contributed by atoms with E-state index in [2.05, 4.69) is 5.32 Å². The highest BCUT2D eigenvalue weighted by atomic mass is 16.3. The molecule has 0 aromatic heterocycles. The number of carbonyl (C=O) groups is 1. The Morgan fingerprint density at radius 3 is 2.32 bits per heavy atom. The normalized spacial score (nSPS) is 15.0. The first-order valence-electron chi connectivity index (χ1n) is 7.31. The van der Waals surface area contributed by atoms with Gasteiger partial charge in [0.1, 0.15) is 5.75 Å². The van der Waals surface area contributed by atoms with Crippen molar-refractivity contribution >= 4 is 5.91 Å². The summed E-state index contributed by atoms with van der Waals surface area (Å²) in [7, 11) is 0. The van der Waals surface area contributed by atoms with Crippen molar-refractivity contribution in [1.29, 1.82) is 0 Å². The summed E-state index contributed by atoms with van der Waals surface area (Å²) in [6, 6.07) is 16.7.